The number of benzene rings is 1. The second-order valence-electron chi connectivity index (χ2n) is 5.01. The van der Waals surface area contributed by atoms with Gasteiger partial charge in [-0.15, -0.1) is 0 Å². The summed E-state index contributed by atoms with van der Waals surface area (Å²) in [6.07, 6.45) is 2.93. The zero-order valence-electron chi connectivity index (χ0n) is 14.4. The first-order chi connectivity index (χ1) is 12.1. The zero-order valence-corrected chi connectivity index (χ0v) is 15.2. The molecule has 0 bridgehead atoms. The van der Waals surface area contributed by atoms with Crippen LogP contribution in [0.25, 0.3) is 0 Å². The molecule has 7 nitrogen and oxygen atoms in total. The minimum absolute atomic E-state index is 0.0401. The van der Waals surface area contributed by atoms with E-state index in [0.717, 1.165) is 5.56 Å². The van der Waals surface area contributed by atoms with Gasteiger partial charge in [0.15, 0.2) is 5.16 Å². The lowest BCUT2D eigenvalue weighted by molar-refractivity contribution is -0.214. The van der Waals surface area contributed by atoms with Gasteiger partial charge in [-0.1, -0.05) is 42.1 Å². The quantitative estimate of drug-likeness (QED) is 0.438. The molecule has 0 radical (unpaired) electrons. The largest absolute Gasteiger partial charge is 0.445 e. The van der Waals surface area contributed by atoms with E-state index in [1.807, 2.05) is 36.6 Å². The number of thioether (sulfide) groups is 1. The molecule has 1 amide bonds. The van der Waals surface area contributed by atoms with Crippen molar-refractivity contribution in [2.75, 3.05) is 27.0 Å². The van der Waals surface area contributed by atoms with E-state index in [4.69, 9.17) is 14.2 Å². The van der Waals surface area contributed by atoms with Gasteiger partial charge in [-0.3, -0.25) is 0 Å². The molecule has 0 atom stereocenters. The zero-order chi connectivity index (χ0) is 18.1. The number of carbonyl (C=O) groups excluding carboxylic acids is 1. The number of ether oxygens (including phenoxy) is 3. The number of hydrogen-bond acceptors (Lipinski definition) is 7. The average Bonchev–Trinajstić information content (AvgIpc) is 2.68. The van der Waals surface area contributed by atoms with Crippen molar-refractivity contribution >= 4 is 17.9 Å². The molecule has 0 fully saturated rings. The Labute approximate surface area is 151 Å². The van der Waals surface area contributed by atoms with Gasteiger partial charge in [0.05, 0.1) is 6.54 Å². The Kier molecular flexibility index (Phi) is 7.17. The second-order valence-corrected chi connectivity index (χ2v) is 5.78. The summed E-state index contributed by atoms with van der Waals surface area (Å²) in [6.45, 7) is 0.224. The van der Waals surface area contributed by atoms with Gasteiger partial charge in [-0.05, 0) is 17.9 Å². The minimum Gasteiger partial charge on any atom is -0.445 e. The summed E-state index contributed by atoms with van der Waals surface area (Å²) in [7, 11) is 2.97. The maximum atomic E-state index is 12.0. The van der Waals surface area contributed by atoms with E-state index in [1.54, 1.807) is 12.3 Å². The van der Waals surface area contributed by atoms with Crippen molar-refractivity contribution in [3.8, 4) is 0 Å². The highest BCUT2D eigenvalue weighted by Gasteiger charge is 2.35. The number of methoxy groups -OCH3 is 2. The molecule has 1 aromatic carbocycles. The van der Waals surface area contributed by atoms with Gasteiger partial charge in [-0.2, -0.15) is 0 Å². The van der Waals surface area contributed by atoms with Crippen LogP contribution in [0.5, 0.6) is 0 Å². The molecule has 0 aliphatic carbocycles. The fourth-order valence-corrected chi connectivity index (χ4v) is 2.50. The molecule has 2 aromatic rings. The lowest BCUT2D eigenvalue weighted by Crippen LogP contribution is -2.44. The third-order valence-electron chi connectivity index (χ3n) is 3.54. The molecule has 0 aliphatic rings. The summed E-state index contributed by atoms with van der Waals surface area (Å²) in [5.41, 5.74) is 1.42. The molecule has 0 aliphatic heterocycles. The highest BCUT2D eigenvalue weighted by molar-refractivity contribution is 7.98. The number of amides is 1. The third-order valence-corrected chi connectivity index (χ3v) is 4.11. The van der Waals surface area contributed by atoms with Crippen LogP contribution in [0.2, 0.25) is 0 Å². The lowest BCUT2D eigenvalue weighted by atomic mass is 10.2. The number of carbonyl (C=O) groups is 1. The van der Waals surface area contributed by atoms with Crippen molar-refractivity contribution in [3.05, 3.63) is 53.9 Å². The van der Waals surface area contributed by atoms with Crippen molar-refractivity contribution in [2.24, 2.45) is 0 Å². The normalized spacial score (nSPS) is 11.2. The number of rotatable bonds is 8. The van der Waals surface area contributed by atoms with Gasteiger partial charge in [-0.25, -0.2) is 14.8 Å². The number of nitrogens with one attached hydrogen (secondary N) is 1. The van der Waals surface area contributed by atoms with E-state index in [1.165, 1.54) is 26.0 Å². The van der Waals surface area contributed by atoms with Crippen LogP contribution in [-0.4, -0.2) is 43.1 Å². The topological polar surface area (TPSA) is 82.6 Å². The molecule has 0 spiro atoms. The lowest BCUT2D eigenvalue weighted by Gasteiger charge is -2.30. The maximum Gasteiger partial charge on any atom is 0.407 e. The molecular formula is C17H21N3O4S. The maximum absolute atomic E-state index is 12.0. The molecule has 1 N–H and O–H groups in total. The SMILES string of the molecule is COC(CNC(=O)OCc1ccccc1)(OC)c1ccnc(SC)n1. The molecule has 1 aromatic heterocycles. The highest BCUT2D eigenvalue weighted by Crippen LogP contribution is 2.24. The van der Waals surface area contributed by atoms with Gasteiger partial charge in [0, 0.05) is 20.4 Å². The molecule has 8 heteroatoms. The van der Waals surface area contributed by atoms with Crippen molar-refractivity contribution in [3.63, 3.8) is 0 Å². The number of alkyl carbamates (subject to hydrolysis) is 1. The van der Waals surface area contributed by atoms with Crippen LogP contribution in [0.15, 0.2) is 47.8 Å². The van der Waals surface area contributed by atoms with Crippen molar-refractivity contribution in [1.82, 2.24) is 15.3 Å². The monoisotopic (exact) mass is 363 g/mol. The Morgan fingerprint density at radius 2 is 1.92 bits per heavy atom. The van der Waals surface area contributed by atoms with Crippen LogP contribution in [-0.2, 0) is 26.6 Å². The summed E-state index contributed by atoms with van der Waals surface area (Å²) in [6, 6.07) is 11.1. The van der Waals surface area contributed by atoms with Gasteiger partial charge in [0.1, 0.15) is 12.3 Å². The summed E-state index contributed by atoms with van der Waals surface area (Å²) < 4.78 is 16.2. The van der Waals surface area contributed by atoms with Gasteiger partial charge >= 0.3 is 6.09 Å². The van der Waals surface area contributed by atoms with E-state index < -0.39 is 11.9 Å². The molecular weight excluding hydrogens is 342 g/mol. The molecule has 25 heavy (non-hydrogen) atoms. The number of nitrogens with zero attached hydrogens (tertiary/aromatic N) is 2. The third kappa shape index (κ3) is 5.15. The predicted molar refractivity (Wildman–Crippen MR) is 94.1 cm³/mol. The first kappa shape index (κ1) is 19.2. The Hall–Kier alpha value is -2.16. The standard InChI is InChI=1S/C17H21N3O4S/c1-22-17(23-2,14-9-10-18-15(20-14)25-3)12-19-16(21)24-11-13-7-5-4-6-8-13/h4-10H,11-12H2,1-3H3,(H,19,21). The van der Waals surface area contributed by atoms with Crippen molar-refractivity contribution in [2.45, 2.75) is 17.6 Å². The first-order valence-corrected chi connectivity index (χ1v) is 8.78. The van der Waals surface area contributed by atoms with Crippen LogP contribution < -0.4 is 5.32 Å². The predicted octanol–water partition coefficient (Wildman–Crippen LogP) is 2.57. The van der Waals surface area contributed by atoms with Crippen molar-refractivity contribution < 1.29 is 19.0 Å². The smallest absolute Gasteiger partial charge is 0.407 e. The summed E-state index contributed by atoms with van der Waals surface area (Å²) in [5.74, 6) is -1.22. The van der Waals surface area contributed by atoms with E-state index in [9.17, 15) is 4.79 Å². The summed E-state index contributed by atoms with van der Waals surface area (Å²) >= 11 is 1.40. The van der Waals surface area contributed by atoms with Crippen LogP contribution in [0, 0.1) is 0 Å². The van der Waals surface area contributed by atoms with Crippen LogP contribution in [0.1, 0.15) is 11.3 Å². The average molecular weight is 363 g/mol. The van der Waals surface area contributed by atoms with Crippen molar-refractivity contribution in [1.29, 1.82) is 0 Å². The molecule has 0 saturated heterocycles. The van der Waals surface area contributed by atoms with Crippen LogP contribution in [0.3, 0.4) is 0 Å². The van der Waals surface area contributed by atoms with E-state index in [2.05, 4.69) is 15.3 Å². The molecule has 0 saturated carbocycles. The van der Waals surface area contributed by atoms with Gasteiger partial charge < -0.3 is 19.5 Å². The highest BCUT2D eigenvalue weighted by atomic mass is 32.2. The summed E-state index contributed by atoms with van der Waals surface area (Å²) in [4.78, 5) is 20.5. The fourth-order valence-electron chi connectivity index (χ4n) is 2.14. The van der Waals surface area contributed by atoms with Crippen LogP contribution >= 0.6 is 11.8 Å². The van der Waals surface area contributed by atoms with E-state index in [-0.39, 0.29) is 13.2 Å². The first-order valence-electron chi connectivity index (χ1n) is 7.56. The Morgan fingerprint density at radius 3 is 2.56 bits per heavy atom. The van der Waals surface area contributed by atoms with Gasteiger partial charge in [0.25, 0.3) is 0 Å². The minimum atomic E-state index is -1.22. The second kappa shape index (κ2) is 9.36. The fraction of sp³-hybridized carbons (Fsp3) is 0.353. The van der Waals surface area contributed by atoms with E-state index in [0.29, 0.717) is 10.9 Å². The summed E-state index contributed by atoms with van der Waals surface area (Å²) in [5, 5.41) is 3.24. The molecule has 0 unspecified atom stereocenters. The number of aromatic nitrogens is 2. The van der Waals surface area contributed by atoms with Crippen LogP contribution in [0.4, 0.5) is 4.79 Å². The van der Waals surface area contributed by atoms with E-state index >= 15 is 0 Å². The molecule has 134 valence electrons. The Morgan fingerprint density at radius 1 is 1.20 bits per heavy atom. The van der Waals surface area contributed by atoms with Gasteiger partial charge in [0.2, 0.25) is 5.79 Å². The number of hydrogen-bond donors (Lipinski definition) is 1. The Balaban J connectivity index is 1.99. The molecule has 1 heterocycles. The molecule has 2 rings (SSSR count). The Bertz CT molecular complexity index is 681.